The van der Waals surface area contributed by atoms with Crippen LogP contribution in [0, 0.1) is 11.3 Å². The minimum atomic E-state index is 0.248. The van der Waals surface area contributed by atoms with E-state index >= 15 is 0 Å². The molecule has 0 aliphatic carbocycles. The summed E-state index contributed by atoms with van der Waals surface area (Å²) < 4.78 is 0. The van der Waals surface area contributed by atoms with Crippen molar-refractivity contribution in [3.05, 3.63) is 29.3 Å². The average molecular weight is 160 g/mol. The lowest BCUT2D eigenvalue weighted by Crippen LogP contribution is -1.86. The fraction of sp³-hybridized carbons (Fsp3) is 0.222. The van der Waals surface area contributed by atoms with Crippen LogP contribution in [-0.4, -0.2) is 11.7 Å². The van der Waals surface area contributed by atoms with Gasteiger partial charge in [0, 0.05) is 18.2 Å². The molecule has 1 aliphatic rings. The fourth-order valence-corrected chi connectivity index (χ4v) is 1.18. The lowest BCUT2D eigenvalue weighted by molar-refractivity contribution is 0.468. The molecule has 1 heterocycles. The smallest absolute Gasteiger partial charge is 0.120 e. The zero-order valence-corrected chi connectivity index (χ0v) is 6.41. The number of hydrogen-bond acceptors (Lipinski definition) is 3. The van der Waals surface area contributed by atoms with Crippen LogP contribution in [0.2, 0.25) is 0 Å². The minimum Gasteiger partial charge on any atom is -0.508 e. The quantitative estimate of drug-likeness (QED) is 0.600. The van der Waals surface area contributed by atoms with Gasteiger partial charge in [-0.25, -0.2) is 0 Å². The van der Waals surface area contributed by atoms with Gasteiger partial charge in [0.2, 0.25) is 0 Å². The zero-order valence-electron chi connectivity index (χ0n) is 6.41. The number of rotatable bonds is 1. The Hall–Kier alpha value is -1.53. The van der Waals surface area contributed by atoms with Crippen molar-refractivity contribution in [1.82, 2.24) is 5.32 Å². The van der Waals surface area contributed by atoms with Gasteiger partial charge in [-0.05, 0) is 18.2 Å². The maximum absolute atomic E-state index is 9.39. The Kier molecular flexibility index (Phi) is 1.49. The molecule has 0 saturated carbocycles. The molecule has 3 heteroatoms. The predicted octanol–water partition coefficient (Wildman–Crippen LogP) is 0.908. The number of hydrogen-bond donors (Lipinski definition) is 2. The molecule has 1 fully saturated rings. The Balaban J connectivity index is 2.44. The van der Waals surface area contributed by atoms with Crippen LogP contribution >= 0.6 is 0 Å². The Labute approximate surface area is 70.3 Å². The number of benzene rings is 1. The van der Waals surface area contributed by atoms with Crippen LogP contribution in [0.4, 0.5) is 0 Å². The lowest BCUT2D eigenvalue weighted by atomic mass is 10.1. The van der Waals surface area contributed by atoms with Gasteiger partial charge in [0.1, 0.15) is 5.75 Å². The highest BCUT2D eigenvalue weighted by Crippen LogP contribution is 2.30. The molecule has 1 saturated heterocycles. The van der Waals surface area contributed by atoms with Gasteiger partial charge in [0.15, 0.2) is 0 Å². The molecule has 0 bridgehead atoms. The van der Waals surface area contributed by atoms with Crippen LogP contribution in [0.15, 0.2) is 18.2 Å². The second kappa shape index (κ2) is 2.50. The van der Waals surface area contributed by atoms with Crippen LogP contribution in [0.3, 0.4) is 0 Å². The van der Waals surface area contributed by atoms with Crippen LogP contribution in [0.25, 0.3) is 0 Å². The molecule has 0 radical (unpaired) electrons. The van der Waals surface area contributed by atoms with E-state index in [1.165, 1.54) is 0 Å². The summed E-state index contributed by atoms with van der Waals surface area (Å²) in [5, 5.41) is 21.1. The first-order valence-electron chi connectivity index (χ1n) is 3.77. The normalized spacial score (nSPS) is 20.1. The molecule has 2 N–H and O–H groups in total. The Morgan fingerprint density at radius 1 is 1.58 bits per heavy atom. The van der Waals surface area contributed by atoms with Gasteiger partial charge in [-0.1, -0.05) is 0 Å². The monoisotopic (exact) mass is 160 g/mol. The largest absolute Gasteiger partial charge is 0.508 e. The number of nitrogens with zero attached hydrogens (tertiary/aromatic N) is 1. The van der Waals surface area contributed by atoms with Crippen molar-refractivity contribution in [2.24, 2.45) is 0 Å². The molecule has 0 amide bonds. The highest BCUT2D eigenvalue weighted by atomic mass is 16.3. The van der Waals surface area contributed by atoms with Gasteiger partial charge < -0.3 is 10.4 Å². The van der Waals surface area contributed by atoms with E-state index in [9.17, 15) is 5.11 Å². The van der Waals surface area contributed by atoms with Crippen LogP contribution < -0.4 is 5.32 Å². The molecule has 0 spiro atoms. The molecule has 60 valence electrons. The van der Waals surface area contributed by atoms with Crippen molar-refractivity contribution in [2.75, 3.05) is 6.54 Å². The standard InChI is InChI=1S/C9H8N2O/c10-4-6-1-2-9(12)7(3-6)8-5-11-8/h1-3,8,11-12H,5H2/t8-/m1/s1. The summed E-state index contributed by atoms with van der Waals surface area (Å²) in [6.45, 7) is 0.891. The van der Waals surface area contributed by atoms with E-state index < -0.39 is 0 Å². The second-order valence-electron chi connectivity index (χ2n) is 2.85. The summed E-state index contributed by atoms with van der Waals surface area (Å²) in [6, 6.07) is 7.18. The molecule has 1 atom stereocenters. The highest BCUT2D eigenvalue weighted by Gasteiger charge is 2.25. The third kappa shape index (κ3) is 1.13. The summed E-state index contributed by atoms with van der Waals surface area (Å²) in [5.74, 6) is 0.268. The number of phenols is 1. The first-order chi connectivity index (χ1) is 5.81. The number of aromatic hydroxyl groups is 1. The van der Waals surface area contributed by atoms with E-state index in [1.807, 2.05) is 6.07 Å². The van der Waals surface area contributed by atoms with Gasteiger partial charge in [0.05, 0.1) is 11.6 Å². The van der Waals surface area contributed by atoms with Crippen LogP contribution in [-0.2, 0) is 0 Å². The Morgan fingerprint density at radius 2 is 2.33 bits per heavy atom. The highest BCUT2D eigenvalue weighted by molar-refractivity contribution is 5.44. The van der Waals surface area contributed by atoms with E-state index in [4.69, 9.17) is 5.26 Å². The van der Waals surface area contributed by atoms with E-state index in [2.05, 4.69) is 5.32 Å². The SMILES string of the molecule is N#Cc1ccc(O)c([C@H]2CN2)c1. The summed E-state index contributed by atoms with van der Waals surface area (Å²) in [5.41, 5.74) is 1.42. The van der Waals surface area contributed by atoms with Crippen molar-refractivity contribution in [2.45, 2.75) is 6.04 Å². The van der Waals surface area contributed by atoms with Gasteiger partial charge >= 0.3 is 0 Å². The molecule has 1 aromatic carbocycles. The topological polar surface area (TPSA) is 66.0 Å². The van der Waals surface area contributed by atoms with Crippen molar-refractivity contribution < 1.29 is 5.11 Å². The van der Waals surface area contributed by atoms with Crippen molar-refractivity contribution in [1.29, 1.82) is 5.26 Å². The molecule has 1 aliphatic heterocycles. The molecular weight excluding hydrogens is 152 g/mol. The number of nitrogens with one attached hydrogen (secondary N) is 1. The van der Waals surface area contributed by atoms with Crippen LogP contribution in [0.1, 0.15) is 17.2 Å². The molecule has 2 rings (SSSR count). The molecule has 1 aromatic rings. The fourth-order valence-electron chi connectivity index (χ4n) is 1.18. The molecule has 0 aromatic heterocycles. The summed E-state index contributed by atoms with van der Waals surface area (Å²) >= 11 is 0. The van der Waals surface area contributed by atoms with Crippen molar-refractivity contribution in [3.8, 4) is 11.8 Å². The zero-order chi connectivity index (χ0) is 8.55. The maximum Gasteiger partial charge on any atom is 0.120 e. The van der Waals surface area contributed by atoms with Gasteiger partial charge in [-0.15, -0.1) is 0 Å². The van der Waals surface area contributed by atoms with Gasteiger partial charge in [-0.2, -0.15) is 5.26 Å². The maximum atomic E-state index is 9.39. The van der Waals surface area contributed by atoms with Crippen molar-refractivity contribution >= 4 is 0 Å². The Bertz CT molecular complexity index is 350. The van der Waals surface area contributed by atoms with E-state index in [0.29, 0.717) is 5.56 Å². The summed E-state index contributed by atoms with van der Waals surface area (Å²) in [4.78, 5) is 0. The third-order valence-corrected chi connectivity index (χ3v) is 1.94. The van der Waals surface area contributed by atoms with Crippen LogP contribution in [0.5, 0.6) is 5.75 Å². The van der Waals surface area contributed by atoms with E-state index in [1.54, 1.807) is 18.2 Å². The van der Waals surface area contributed by atoms with Gasteiger partial charge in [-0.3, -0.25) is 0 Å². The molecule has 3 nitrogen and oxygen atoms in total. The second-order valence-corrected chi connectivity index (χ2v) is 2.85. The molecule has 12 heavy (non-hydrogen) atoms. The number of nitriles is 1. The Morgan fingerprint density at radius 3 is 2.92 bits per heavy atom. The van der Waals surface area contributed by atoms with Crippen molar-refractivity contribution in [3.63, 3.8) is 0 Å². The summed E-state index contributed by atoms with van der Waals surface area (Å²) in [6.07, 6.45) is 0. The van der Waals surface area contributed by atoms with Gasteiger partial charge in [0.25, 0.3) is 0 Å². The molecule has 0 unspecified atom stereocenters. The molecular formula is C9H8N2O. The van der Waals surface area contributed by atoms with E-state index in [-0.39, 0.29) is 11.8 Å². The summed E-state index contributed by atoms with van der Waals surface area (Å²) in [7, 11) is 0. The first kappa shape index (κ1) is 7.14. The number of phenolic OH excluding ortho intramolecular Hbond substituents is 1. The average Bonchev–Trinajstić information content (AvgIpc) is 2.88. The third-order valence-electron chi connectivity index (χ3n) is 1.94. The minimum absolute atomic E-state index is 0.248. The predicted molar refractivity (Wildman–Crippen MR) is 43.6 cm³/mol. The lowest BCUT2D eigenvalue weighted by Gasteiger charge is -2.00. The van der Waals surface area contributed by atoms with E-state index in [0.717, 1.165) is 12.1 Å². The first-order valence-corrected chi connectivity index (χ1v) is 3.77.